The Hall–Kier alpha value is -2.64. The molecule has 0 aromatic heterocycles. The molecule has 4 aromatic rings. The summed E-state index contributed by atoms with van der Waals surface area (Å²) >= 11 is 0. The predicted octanol–water partition coefficient (Wildman–Crippen LogP) is 6.11. The molecule has 1 atom stereocenters. The Morgan fingerprint density at radius 2 is 1.50 bits per heavy atom. The lowest BCUT2D eigenvalue weighted by atomic mass is 9.88. The van der Waals surface area contributed by atoms with Crippen LogP contribution in [-0.4, -0.2) is 11.4 Å². The number of hydrogen-bond acceptors (Lipinski definition) is 1. The first kappa shape index (κ1) is 15.6. The molecule has 0 aliphatic carbocycles. The molecule has 1 aliphatic rings. The fourth-order valence-corrected chi connectivity index (χ4v) is 4.48. The lowest BCUT2D eigenvalue weighted by Crippen LogP contribution is -2.32. The first-order valence-electron chi connectivity index (χ1n) is 9.48. The molecule has 0 unspecified atom stereocenters. The van der Waals surface area contributed by atoms with E-state index in [0.717, 1.165) is 19.6 Å². The highest BCUT2D eigenvalue weighted by molar-refractivity contribution is 5.86. The van der Waals surface area contributed by atoms with Crippen LogP contribution in [0.4, 0.5) is 0 Å². The number of rotatable bonds is 2. The van der Waals surface area contributed by atoms with Crippen molar-refractivity contribution >= 4 is 21.5 Å². The SMILES string of the molecule is C[C@H]1CN(Cc2cccc3ccccc23)Cc2cc3ccccc3cc21. The highest BCUT2D eigenvalue weighted by Gasteiger charge is 2.23. The summed E-state index contributed by atoms with van der Waals surface area (Å²) in [7, 11) is 0. The van der Waals surface area contributed by atoms with Crippen LogP contribution in [-0.2, 0) is 13.1 Å². The van der Waals surface area contributed by atoms with Crippen LogP contribution in [0.3, 0.4) is 0 Å². The number of hydrogen-bond donors (Lipinski definition) is 0. The minimum absolute atomic E-state index is 0.568. The van der Waals surface area contributed by atoms with E-state index in [4.69, 9.17) is 0 Å². The Morgan fingerprint density at radius 1 is 0.808 bits per heavy atom. The van der Waals surface area contributed by atoms with E-state index in [1.54, 1.807) is 0 Å². The van der Waals surface area contributed by atoms with Gasteiger partial charge in [0.15, 0.2) is 0 Å². The summed E-state index contributed by atoms with van der Waals surface area (Å²) in [5.41, 5.74) is 4.44. The van der Waals surface area contributed by atoms with Crippen LogP contribution >= 0.6 is 0 Å². The third kappa shape index (κ3) is 2.69. The van der Waals surface area contributed by atoms with Crippen molar-refractivity contribution in [3.8, 4) is 0 Å². The minimum Gasteiger partial charge on any atom is -0.294 e. The van der Waals surface area contributed by atoms with Gasteiger partial charge in [-0.3, -0.25) is 4.90 Å². The first-order valence-corrected chi connectivity index (χ1v) is 9.48. The molecule has 0 fully saturated rings. The Balaban J connectivity index is 1.49. The van der Waals surface area contributed by atoms with Gasteiger partial charge in [-0.25, -0.2) is 0 Å². The maximum Gasteiger partial charge on any atom is 0.0243 e. The molecule has 0 amide bonds. The van der Waals surface area contributed by atoms with E-state index in [1.807, 2.05) is 0 Å². The fourth-order valence-electron chi connectivity index (χ4n) is 4.48. The smallest absolute Gasteiger partial charge is 0.0243 e. The molecule has 0 radical (unpaired) electrons. The van der Waals surface area contributed by atoms with Gasteiger partial charge in [0, 0.05) is 19.6 Å². The van der Waals surface area contributed by atoms with E-state index >= 15 is 0 Å². The Morgan fingerprint density at radius 3 is 2.35 bits per heavy atom. The van der Waals surface area contributed by atoms with Crippen LogP contribution in [0.15, 0.2) is 78.9 Å². The van der Waals surface area contributed by atoms with Crippen molar-refractivity contribution in [3.63, 3.8) is 0 Å². The lowest BCUT2D eigenvalue weighted by Gasteiger charge is -2.33. The van der Waals surface area contributed by atoms with E-state index in [-0.39, 0.29) is 0 Å². The molecule has 4 aromatic carbocycles. The molecule has 1 nitrogen and oxygen atoms in total. The molecule has 0 N–H and O–H groups in total. The largest absolute Gasteiger partial charge is 0.294 e. The van der Waals surface area contributed by atoms with Crippen molar-refractivity contribution in [1.82, 2.24) is 4.90 Å². The summed E-state index contributed by atoms with van der Waals surface area (Å²) < 4.78 is 0. The van der Waals surface area contributed by atoms with Gasteiger partial charge in [0.2, 0.25) is 0 Å². The second kappa shape index (κ2) is 6.26. The highest BCUT2D eigenvalue weighted by atomic mass is 15.1. The highest BCUT2D eigenvalue weighted by Crippen LogP contribution is 2.33. The van der Waals surface area contributed by atoms with Gasteiger partial charge in [-0.15, -0.1) is 0 Å². The van der Waals surface area contributed by atoms with Crippen LogP contribution in [0, 0.1) is 0 Å². The van der Waals surface area contributed by atoms with Gasteiger partial charge in [-0.2, -0.15) is 0 Å². The van der Waals surface area contributed by atoms with Crippen molar-refractivity contribution in [2.24, 2.45) is 0 Å². The van der Waals surface area contributed by atoms with E-state index in [1.165, 1.54) is 38.2 Å². The molecule has 128 valence electrons. The second-order valence-electron chi connectivity index (χ2n) is 7.61. The molecular weight excluding hydrogens is 314 g/mol. The van der Waals surface area contributed by atoms with Gasteiger partial charge in [-0.1, -0.05) is 79.7 Å². The molecule has 0 saturated heterocycles. The maximum atomic E-state index is 2.60. The summed E-state index contributed by atoms with van der Waals surface area (Å²) in [5.74, 6) is 0.568. The molecule has 0 saturated carbocycles. The quantitative estimate of drug-likeness (QED) is 0.426. The lowest BCUT2D eigenvalue weighted by molar-refractivity contribution is 0.227. The first-order chi connectivity index (χ1) is 12.8. The average molecular weight is 337 g/mol. The van der Waals surface area contributed by atoms with Crippen LogP contribution in [0.2, 0.25) is 0 Å². The topological polar surface area (TPSA) is 3.24 Å². The van der Waals surface area contributed by atoms with Gasteiger partial charge in [0.05, 0.1) is 0 Å². The maximum absolute atomic E-state index is 2.60. The van der Waals surface area contributed by atoms with Gasteiger partial charge in [0.25, 0.3) is 0 Å². The standard InChI is InChI=1S/C25H23N/c1-18-15-26(16-22-11-6-10-19-7-4-5-12-24(19)22)17-23-13-20-8-2-3-9-21(20)14-25(18)23/h2-14,18H,15-17H2,1H3/t18-/m0/s1. The van der Waals surface area contributed by atoms with E-state index in [2.05, 4.69) is 90.7 Å². The number of benzene rings is 4. The third-order valence-electron chi connectivity index (χ3n) is 5.74. The van der Waals surface area contributed by atoms with Crippen molar-refractivity contribution in [1.29, 1.82) is 0 Å². The zero-order valence-corrected chi connectivity index (χ0v) is 15.2. The predicted molar refractivity (Wildman–Crippen MR) is 110 cm³/mol. The Bertz CT molecular complexity index is 1090. The molecule has 5 rings (SSSR count). The molecule has 0 spiro atoms. The van der Waals surface area contributed by atoms with Gasteiger partial charge < -0.3 is 0 Å². The fraction of sp³-hybridized carbons (Fsp3) is 0.200. The average Bonchev–Trinajstić information content (AvgIpc) is 2.67. The Kier molecular flexibility index (Phi) is 3.76. The van der Waals surface area contributed by atoms with Crippen LogP contribution < -0.4 is 0 Å². The normalized spacial score (nSPS) is 17.5. The molecule has 1 heterocycles. The van der Waals surface area contributed by atoms with Gasteiger partial charge in [-0.05, 0) is 50.2 Å². The molecule has 1 aliphatic heterocycles. The summed E-state index contributed by atoms with van der Waals surface area (Å²) in [4.78, 5) is 2.60. The molecule has 26 heavy (non-hydrogen) atoms. The van der Waals surface area contributed by atoms with Crippen LogP contribution in [0.5, 0.6) is 0 Å². The van der Waals surface area contributed by atoms with Crippen LogP contribution in [0.25, 0.3) is 21.5 Å². The summed E-state index contributed by atoms with van der Waals surface area (Å²) in [6.45, 7) is 5.53. The van der Waals surface area contributed by atoms with Crippen molar-refractivity contribution in [2.45, 2.75) is 25.9 Å². The summed E-state index contributed by atoms with van der Waals surface area (Å²) in [5, 5.41) is 5.43. The molecule has 0 bridgehead atoms. The van der Waals surface area contributed by atoms with Crippen molar-refractivity contribution in [3.05, 3.63) is 95.6 Å². The van der Waals surface area contributed by atoms with Crippen LogP contribution in [0.1, 0.15) is 29.5 Å². The third-order valence-corrected chi connectivity index (χ3v) is 5.74. The zero-order chi connectivity index (χ0) is 17.5. The number of nitrogens with zero attached hydrogens (tertiary/aromatic N) is 1. The van der Waals surface area contributed by atoms with Gasteiger partial charge in [0.1, 0.15) is 0 Å². The van der Waals surface area contributed by atoms with Crippen molar-refractivity contribution < 1.29 is 0 Å². The summed E-state index contributed by atoms with van der Waals surface area (Å²) in [6.07, 6.45) is 0. The molecular formula is C25H23N. The zero-order valence-electron chi connectivity index (χ0n) is 15.2. The van der Waals surface area contributed by atoms with E-state index < -0.39 is 0 Å². The second-order valence-corrected chi connectivity index (χ2v) is 7.61. The van der Waals surface area contributed by atoms with Gasteiger partial charge >= 0.3 is 0 Å². The Labute approximate surface area is 154 Å². The monoisotopic (exact) mass is 337 g/mol. The van der Waals surface area contributed by atoms with Crippen molar-refractivity contribution in [2.75, 3.05) is 6.54 Å². The number of fused-ring (bicyclic) bond motifs is 3. The van der Waals surface area contributed by atoms with E-state index in [9.17, 15) is 0 Å². The summed E-state index contributed by atoms with van der Waals surface area (Å²) in [6, 6.07) is 28.9. The minimum atomic E-state index is 0.568. The van der Waals surface area contributed by atoms with E-state index in [0.29, 0.717) is 5.92 Å². The molecule has 1 heteroatoms.